The standard InChI is InChI=1S/C22H23N5O2/c1-14-10-16(3)27(25-14)21-8-7-18(12-23-21)24-22(28)20-11-15(2)26(17(20)4)13-19-6-5-9-29-19/h5-12H,13H2,1-4H3,(H,24,28). The highest BCUT2D eigenvalue weighted by molar-refractivity contribution is 6.05. The van der Waals surface area contributed by atoms with Gasteiger partial charge in [-0.3, -0.25) is 4.79 Å². The van der Waals surface area contributed by atoms with Crippen molar-refractivity contribution < 1.29 is 9.21 Å². The SMILES string of the molecule is Cc1cc(C)n(-c2ccc(NC(=O)c3cc(C)n(Cc4ccco4)c3C)cn2)n1. The van der Waals surface area contributed by atoms with Gasteiger partial charge in [-0.05, 0) is 64.1 Å². The highest BCUT2D eigenvalue weighted by Crippen LogP contribution is 2.19. The smallest absolute Gasteiger partial charge is 0.257 e. The number of carbonyl (C=O) groups excluding carboxylic acids is 1. The van der Waals surface area contributed by atoms with Crippen LogP contribution < -0.4 is 5.32 Å². The summed E-state index contributed by atoms with van der Waals surface area (Å²) in [6, 6.07) is 11.4. The Morgan fingerprint density at radius 3 is 2.55 bits per heavy atom. The summed E-state index contributed by atoms with van der Waals surface area (Å²) in [6.07, 6.45) is 3.30. The molecule has 1 N–H and O–H groups in total. The highest BCUT2D eigenvalue weighted by atomic mass is 16.3. The number of rotatable bonds is 5. The fourth-order valence-electron chi connectivity index (χ4n) is 3.48. The summed E-state index contributed by atoms with van der Waals surface area (Å²) in [5, 5.41) is 7.36. The lowest BCUT2D eigenvalue weighted by Gasteiger charge is -2.09. The molecule has 148 valence electrons. The summed E-state index contributed by atoms with van der Waals surface area (Å²) in [5.41, 5.74) is 5.11. The van der Waals surface area contributed by atoms with Crippen LogP contribution in [0.3, 0.4) is 0 Å². The molecule has 0 saturated carbocycles. The molecule has 0 aliphatic heterocycles. The molecule has 4 aromatic rings. The van der Waals surface area contributed by atoms with Gasteiger partial charge in [0.25, 0.3) is 5.91 Å². The number of anilines is 1. The largest absolute Gasteiger partial charge is 0.467 e. The maximum absolute atomic E-state index is 12.8. The van der Waals surface area contributed by atoms with Crippen molar-refractivity contribution >= 4 is 11.6 Å². The van der Waals surface area contributed by atoms with Gasteiger partial charge in [0.05, 0.1) is 35.9 Å². The van der Waals surface area contributed by atoms with Crippen molar-refractivity contribution in [1.29, 1.82) is 0 Å². The molecule has 0 radical (unpaired) electrons. The Bertz CT molecular complexity index is 1150. The maximum atomic E-state index is 12.8. The van der Waals surface area contributed by atoms with Gasteiger partial charge < -0.3 is 14.3 Å². The van der Waals surface area contributed by atoms with Crippen LogP contribution in [0, 0.1) is 27.7 Å². The van der Waals surface area contributed by atoms with Gasteiger partial charge >= 0.3 is 0 Å². The molecule has 0 bridgehead atoms. The average Bonchev–Trinajstić information content (AvgIpc) is 3.39. The van der Waals surface area contributed by atoms with Gasteiger partial charge in [-0.1, -0.05) is 0 Å². The van der Waals surface area contributed by atoms with Gasteiger partial charge in [-0.25, -0.2) is 9.67 Å². The number of amides is 1. The average molecular weight is 389 g/mol. The van der Waals surface area contributed by atoms with Crippen molar-refractivity contribution in [3.63, 3.8) is 0 Å². The van der Waals surface area contributed by atoms with Crippen molar-refractivity contribution in [3.8, 4) is 5.82 Å². The van der Waals surface area contributed by atoms with Gasteiger partial charge in [-0.2, -0.15) is 5.10 Å². The van der Waals surface area contributed by atoms with E-state index in [2.05, 4.69) is 20.0 Å². The zero-order chi connectivity index (χ0) is 20.5. The molecule has 0 atom stereocenters. The van der Waals surface area contributed by atoms with Crippen LogP contribution in [-0.4, -0.2) is 25.2 Å². The number of pyridine rings is 1. The molecule has 0 aromatic carbocycles. The maximum Gasteiger partial charge on any atom is 0.257 e. The van der Waals surface area contributed by atoms with E-state index in [-0.39, 0.29) is 5.91 Å². The van der Waals surface area contributed by atoms with Gasteiger partial charge in [0.15, 0.2) is 5.82 Å². The Kier molecular flexibility index (Phi) is 4.80. The third-order valence-electron chi connectivity index (χ3n) is 4.94. The molecule has 7 heteroatoms. The first kappa shape index (κ1) is 18.7. The van der Waals surface area contributed by atoms with E-state index in [1.165, 1.54) is 0 Å². The number of hydrogen-bond acceptors (Lipinski definition) is 4. The molecule has 29 heavy (non-hydrogen) atoms. The van der Waals surface area contributed by atoms with Crippen LogP contribution in [0.1, 0.15) is 38.9 Å². The number of hydrogen-bond donors (Lipinski definition) is 1. The molecule has 4 aromatic heterocycles. The summed E-state index contributed by atoms with van der Waals surface area (Å²) in [5.74, 6) is 1.40. The first-order valence-electron chi connectivity index (χ1n) is 9.42. The summed E-state index contributed by atoms with van der Waals surface area (Å²) in [6.45, 7) is 8.44. The number of carbonyl (C=O) groups is 1. The molecule has 0 unspecified atom stereocenters. The van der Waals surface area contributed by atoms with Crippen LogP contribution in [0.25, 0.3) is 5.82 Å². The lowest BCUT2D eigenvalue weighted by atomic mass is 10.2. The predicted molar refractivity (Wildman–Crippen MR) is 111 cm³/mol. The van der Waals surface area contributed by atoms with E-state index in [1.807, 2.05) is 64.1 Å². The quantitative estimate of drug-likeness (QED) is 0.555. The zero-order valence-corrected chi connectivity index (χ0v) is 16.9. The molecule has 1 amide bonds. The Morgan fingerprint density at radius 1 is 1.10 bits per heavy atom. The molecule has 0 saturated heterocycles. The number of nitrogens with zero attached hydrogens (tertiary/aromatic N) is 4. The van der Waals surface area contributed by atoms with Crippen LogP contribution in [0.2, 0.25) is 0 Å². The summed E-state index contributed by atoms with van der Waals surface area (Å²) < 4.78 is 9.28. The second-order valence-corrected chi connectivity index (χ2v) is 7.15. The van der Waals surface area contributed by atoms with E-state index >= 15 is 0 Å². The zero-order valence-electron chi connectivity index (χ0n) is 16.9. The third kappa shape index (κ3) is 3.71. The summed E-state index contributed by atoms with van der Waals surface area (Å²) in [7, 11) is 0. The third-order valence-corrected chi connectivity index (χ3v) is 4.94. The van der Waals surface area contributed by atoms with Crippen molar-refractivity contribution in [1.82, 2.24) is 19.3 Å². The topological polar surface area (TPSA) is 77.9 Å². The predicted octanol–water partition coefficient (Wildman–Crippen LogP) is 4.20. The van der Waals surface area contributed by atoms with Gasteiger partial charge in [0.2, 0.25) is 0 Å². The van der Waals surface area contributed by atoms with Crippen molar-refractivity contribution in [3.05, 3.63) is 83.0 Å². The Labute approximate surface area is 169 Å². The highest BCUT2D eigenvalue weighted by Gasteiger charge is 2.17. The lowest BCUT2D eigenvalue weighted by molar-refractivity contribution is 0.102. The fourth-order valence-corrected chi connectivity index (χ4v) is 3.48. The minimum absolute atomic E-state index is 0.163. The molecule has 0 fully saturated rings. The Hall–Kier alpha value is -3.61. The van der Waals surface area contributed by atoms with Crippen molar-refractivity contribution in [2.24, 2.45) is 0 Å². The fraction of sp³-hybridized carbons (Fsp3) is 0.227. The molecule has 7 nitrogen and oxygen atoms in total. The van der Waals surface area contributed by atoms with E-state index in [4.69, 9.17) is 4.42 Å². The van der Waals surface area contributed by atoms with Crippen LogP contribution in [0.15, 0.2) is 53.3 Å². The first-order chi connectivity index (χ1) is 13.9. The van der Waals surface area contributed by atoms with Crippen LogP contribution >= 0.6 is 0 Å². The minimum atomic E-state index is -0.163. The minimum Gasteiger partial charge on any atom is -0.467 e. The molecule has 0 aliphatic rings. The van der Waals surface area contributed by atoms with E-state index in [0.29, 0.717) is 23.6 Å². The lowest BCUT2D eigenvalue weighted by Crippen LogP contribution is -2.14. The van der Waals surface area contributed by atoms with Gasteiger partial charge in [-0.15, -0.1) is 0 Å². The number of furan rings is 1. The van der Waals surface area contributed by atoms with E-state index < -0.39 is 0 Å². The van der Waals surface area contributed by atoms with Crippen LogP contribution in [0.4, 0.5) is 5.69 Å². The number of aromatic nitrogens is 4. The molecule has 0 spiro atoms. The Balaban J connectivity index is 1.51. The second-order valence-electron chi connectivity index (χ2n) is 7.15. The Morgan fingerprint density at radius 2 is 1.93 bits per heavy atom. The van der Waals surface area contributed by atoms with Crippen molar-refractivity contribution in [2.45, 2.75) is 34.2 Å². The van der Waals surface area contributed by atoms with E-state index in [0.717, 1.165) is 28.5 Å². The normalized spacial score (nSPS) is 11.0. The van der Waals surface area contributed by atoms with E-state index in [1.54, 1.807) is 17.1 Å². The monoisotopic (exact) mass is 389 g/mol. The molecular formula is C22H23N5O2. The van der Waals surface area contributed by atoms with Crippen LogP contribution in [-0.2, 0) is 6.54 Å². The molecular weight excluding hydrogens is 366 g/mol. The number of aryl methyl sites for hydroxylation is 3. The van der Waals surface area contributed by atoms with Crippen LogP contribution in [0.5, 0.6) is 0 Å². The van der Waals surface area contributed by atoms with Gasteiger partial charge in [0, 0.05) is 17.1 Å². The van der Waals surface area contributed by atoms with Crippen molar-refractivity contribution in [2.75, 3.05) is 5.32 Å². The van der Waals surface area contributed by atoms with Gasteiger partial charge in [0.1, 0.15) is 5.76 Å². The second kappa shape index (κ2) is 7.43. The molecule has 0 aliphatic carbocycles. The summed E-state index contributed by atoms with van der Waals surface area (Å²) in [4.78, 5) is 17.3. The summed E-state index contributed by atoms with van der Waals surface area (Å²) >= 11 is 0. The first-order valence-corrected chi connectivity index (χ1v) is 9.42. The molecule has 4 rings (SSSR count). The number of nitrogens with one attached hydrogen (secondary N) is 1. The van der Waals surface area contributed by atoms with E-state index in [9.17, 15) is 4.79 Å². The molecule has 4 heterocycles.